The van der Waals surface area contributed by atoms with Gasteiger partial charge in [-0.05, 0) is 24.5 Å². The molecule has 0 amide bonds. The van der Waals surface area contributed by atoms with E-state index in [1.807, 2.05) is 0 Å². The van der Waals surface area contributed by atoms with Crippen LogP contribution in [0.1, 0.15) is 12.0 Å². The minimum Gasteiger partial charge on any atom is -0.381 e. The summed E-state index contributed by atoms with van der Waals surface area (Å²) in [5.74, 6) is 0. The van der Waals surface area contributed by atoms with E-state index in [1.54, 1.807) is 0 Å². The maximum absolute atomic E-state index is 4.05. The van der Waals surface area contributed by atoms with Crippen molar-refractivity contribution in [3.63, 3.8) is 0 Å². The minimum atomic E-state index is 0.869. The van der Waals surface area contributed by atoms with Gasteiger partial charge in [-0.3, -0.25) is 0 Å². The summed E-state index contributed by atoms with van der Waals surface area (Å²) in [7, 11) is 0. The first-order chi connectivity index (χ1) is 7.86. The van der Waals surface area contributed by atoms with Gasteiger partial charge in [0.1, 0.15) is 0 Å². The molecular formula is C15H17N. The van der Waals surface area contributed by atoms with E-state index in [1.165, 1.54) is 16.8 Å². The maximum atomic E-state index is 4.05. The van der Waals surface area contributed by atoms with Gasteiger partial charge in [-0.1, -0.05) is 54.7 Å². The normalized spacial score (nSPS) is 20.1. The topological polar surface area (TPSA) is 12.0 Å². The van der Waals surface area contributed by atoms with E-state index < -0.39 is 0 Å². The Kier molecular flexibility index (Phi) is 3.60. The zero-order valence-electron chi connectivity index (χ0n) is 9.45. The lowest BCUT2D eigenvalue weighted by atomic mass is 10.0. The number of aryl methyl sites for hydroxylation is 1. The van der Waals surface area contributed by atoms with Crippen LogP contribution in [0.4, 0.5) is 5.69 Å². The number of allylic oxidation sites excluding steroid dienone is 4. The van der Waals surface area contributed by atoms with Gasteiger partial charge in [0.05, 0.1) is 0 Å². The van der Waals surface area contributed by atoms with E-state index >= 15 is 0 Å². The number of rotatable bonds is 0. The monoisotopic (exact) mass is 211 g/mol. The molecule has 1 aliphatic rings. The van der Waals surface area contributed by atoms with Crippen molar-refractivity contribution in [3.8, 4) is 0 Å². The fraction of sp³-hybridized carbons (Fsp3) is 0.200. The molecule has 0 unspecified atom stereocenters. The molecule has 1 N–H and O–H groups in total. The van der Waals surface area contributed by atoms with Gasteiger partial charge in [-0.15, -0.1) is 0 Å². The molecule has 0 radical (unpaired) electrons. The Bertz CT molecular complexity index is 427. The molecule has 0 aliphatic carbocycles. The van der Waals surface area contributed by atoms with Crippen LogP contribution in [0, 0.1) is 0 Å². The number of para-hydroxylation sites is 1. The second-order valence-corrected chi connectivity index (χ2v) is 3.98. The highest BCUT2D eigenvalue weighted by Gasteiger charge is 2.01. The minimum absolute atomic E-state index is 0.869. The predicted molar refractivity (Wildman–Crippen MR) is 70.7 cm³/mol. The molecule has 1 aliphatic heterocycles. The Labute approximate surface area is 97.2 Å². The molecule has 1 aromatic carbocycles. The SMILES string of the molecule is C=C1/C=C\C=C/CNc2ccccc2CC1. The molecule has 0 saturated heterocycles. The molecule has 0 saturated carbocycles. The van der Waals surface area contributed by atoms with Crippen molar-refractivity contribution in [1.29, 1.82) is 0 Å². The molecule has 0 spiro atoms. The molecular weight excluding hydrogens is 194 g/mol. The first kappa shape index (κ1) is 10.7. The van der Waals surface area contributed by atoms with Crippen LogP contribution in [-0.4, -0.2) is 6.54 Å². The van der Waals surface area contributed by atoms with Crippen molar-refractivity contribution in [1.82, 2.24) is 0 Å². The zero-order valence-corrected chi connectivity index (χ0v) is 9.45. The number of hydrogen-bond donors (Lipinski definition) is 1. The molecule has 82 valence electrons. The summed E-state index contributed by atoms with van der Waals surface area (Å²) in [5, 5.41) is 3.43. The van der Waals surface area contributed by atoms with Crippen molar-refractivity contribution in [2.75, 3.05) is 11.9 Å². The lowest BCUT2D eigenvalue weighted by molar-refractivity contribution is 0.969. The van der Waals surface area contributed by atoms with Crippen molar-refractivity contribution in [2.24, 2.45) is 0 Å². The van der Waals surface area contributed by atoms with Gasteiger partial charge in [0.25, 0.3) is 0 Å². The first-order valence-electron chi connectivity index (χ1n) is 5.69. The number of benzene rings is 1. The van der Waals surface area contributed by atoms with Gasteiger partial charge in [0, 0.05) is 12.2 Å². The second kappa shape index (κ2) is 5.36. The van der Waals surface area contributed by atoms with Crippen LogP contribution >= 0.6 is 0 Å². The molecule has 1 heteroatoms. The fourth-order valence-electron chi connectivity index (χ4n) is 1.80. The van der Waals surface area contributed by atoms with Gasteiger partial charge in [-0.25, -0.2) is 0 Å². The van der Waals surface area contributed by atoms with Crippen molar-refractivity contribution in [3.05, 3.63) is 66.3 Å². The molecule has 1 nitrogen and oxygen atoms in total. The van der Waals surface area contributed by atoms with Crippen LogP contribution in [0.15, 0.2) is 60.7 Å². The summed E-state index contributed by atoms with van der Waals surface area (Å²) in [6.45, 7) is 4.92. The van der Waals surface area contributed by atoms with Gasteiger partial charge in [-0.2, -0.15) is 0 Å². The fourth-order valence-corrected chi connectivity index (χ4v) is 1.80. The highest BCUT2D eigenvalue weighted by atomic mass is 14.9. The highest BCUT2D eigenvalue weighted by Crippen LogP contribution is 2.19. The molecule has 1 heterocycles. The van der Waals surface area contributed by atoms with E-state index in [0.29, 0.717) is 0 Å². The Balaban J connectivity index is 2.22. The summed E-state index contributed by atoms with van der Waals surface area (Å²) in [6.07, 6.45) is 10.4. The standard InChI is InChI=1S/C15H17N/c1-13-7-3-2-6-12-16-15-9-5-4-8-14(15)11-10-13/h2-9,16H,1,10-12H2/b6-2-,7-3-. The summed E-state index contributed by atoms with van der Waals surface area (Å²) < 4.78 is 0. The third kappa shape index (κ3) is 2.86. The zero-order chi connectivity index (χ0) is 11.2. The van der Waals surface area contributed by atoms with Gasteiger partial charge in [0.15, 0.2) is 0 Å². The number of anilines is 1. The van der Waals surface area contributed by atoms with Crippen molar-refractivity contribution in [2.45, 2.75) is 12.8 Å². The van der Waals surface area contributed by atoms with Crippen LogP contribution in [-0.2, 0) is 6.42 Å². The number of nitrogens with one attached hydrogen (secondary N) is 1. The Hall–Kier alpha value is -1.76. The predicted octanol–water partition coefficient (Wildman–Crippen LogP) is 3.71. The molecule has 0 aromatic heterocycles. The van der Waals surface area contributed by atoms with Crippen molar-refractivity contribution >= 4 is 5.69 Å². The van der Waals surface area contributed by atoms with Crippen LogP contribution in [0.3, 0.4) is 0 Å². The van der Waals surface area contributed by atoms with Gasteiger partial charge in [0.2, 0.25) is 0 Å². The Morgan fingerprint density at radius 3 is 2.88 bits per heavy atom. The largest absolute Gasteiger partial charge is 0.381 e. The summed E-state index contributed by atoms with van der Waals surface area (Å²) in [6, 6.07) is 8.48. The van der Waals surface area contributed by atoms with E-state index in [2.05, 4.69) is 60.5 Å². The molecule has 0 fully saturated rings. The maximum Gasteiger partial charge on any atom is 0.0375 e. The van der Waals surface area contributed by atoms with Crippen molar-refractivity contribution < 1.29 is 0 Å². The third-order valence-corrected chi connectivity index (χ3v) is 2.72. The second-order valence-electron chi connectivity index (χ2n) is 3.98. The van der Waals surface area contributed by atoms with E-state index in [0.717, 1.165) is 19.4 Å². The number of hydrogen-bond acceptors (Lipinski definition) is 1. The van der Waals surface area contributed by atoms with Crippen LogP contribution in [0.5, 0.6) is 0 Å². The lowest BCUT2D eigenvalue weighted by Gasteiger charge is -2.10. The summed E-state index contributed by atoms with van der Waals surface area (Å²) in [4.78, 5) is 0. The third-order valence-electron chi connectivity index (χ3n) is 2.72. The molecule has 2 rings (SSSR count). The average Bonchev–Trinajstić information content (AvgIpc) is 2.35. The Morgan fingerprint density at radius 2 is 1.94 bits per heavy atom. The first-order valence-corrected chi connectivity index (χ1v) is 5.69. The lowest BCUT2D eigenvalue weighted by Crippen LogP contribution is -2.01. The average molecular weight is 211 g/mol. The quantitative estimate of drug-likeness (QED) is 0.689. The molecule has 0 bridgehead atoms. The Morgan fingerprint density at radius 1 is 1.06 bits per heavy atom. The van der Waals surface area contributed by atoms with Crippen LogP contribution in [0.25, 0.3) is 0 Å². The molecule has 1 aromatic rings. The van der Waals surface area contributed by atoms with E-state index in [-0.39, 0.29) is 0 Å². The van der Waals surface area contributed by atoms with Crippen LogP contribution < -0.4 is 5.32 Å². The van der Waals surface area contributed by atoms with E-state index in [9.17, 15) is 0 Å². The van der Waals surface area contributed by atoms with Gasteiger partial charge >= 0.3 is 0 Å². The molecule has 0 atom stereocenters. The van der Waals surface area contributed by atoms with Gasteiger partial charge < -0.3 is 5.32 Å². The molecule has 16 heavy (non-hydrogen) atoms. The smallest absolute Gasteiger partial charge is 0.0375 e. The summed E-state index contributed by atoms with van der Waals surface area (Å²) in [5.41, 5.74) is 3.79. The summed E-state index contributed by atoms with van der Waals surface area (Å²) >= 11 is 0. The van der Waals surface area contributed by atoms with E-state index in [4.69, 9.17) is 0 Å². The highest BCUT2D eigenvalue weighted by molar-refractivity contribution is 5.52. The number of fused-ring (bicyclic) bond motifs is 1. The van der Waals surface area contributed by atoms with Crippen LogP contribution in [0.2, 0.25) is 0 Å².